The summed E-state index contributed by atoms with van der Waals surface area (Å²) in [5.41, 5.74) is -0.667. The highest BCUT2D eigenvalue weighted by Crippen LogP contribution is 2.63. The Kier molecular flexibility index (Phi) is 5.54. The van der Waals surface area contributed by atoms with Gasteiger partial charge in [0.15, 0.2) is 4.58 Å². The first kappa shape index (κ1) is 19.7. The molecule has 26 heavy (non-hydrogen) atoms. The average Bonchev–Trinajstić information content (AvgIpc) is 3.52. The van der Waals surface area contributed by atoms with Crippen molar-refractivity contribution in [1.82, 2.24) is 0 Å². The number of alkyl halides is 2. The van der Waals surface area contributed by atoms with Crippen molar-refractivity contribution in [3.8, 4) is 0 Å². The van der Waals surface area contributed by atoms with E-state index in [1.54, 1.807) is 0 Å². The van der Waals surface area contributed by atoms with Gasteiger partial charge in [0.1, 0.15) is 5.60 Å². The van der Waals surface area contributed by atoms with Gasteiger partial charge in [-0.2, -0.15) is 0 Å². The molecule has 3 heteroatoms. The molecule has 4 aliphatic carbocycles. The molecule has 0 radical (unpaired) electrons. The summed E-state index contributed by atoms with van der Waals surface area (Å²) in [6, 6.07) is 0. The van der Waals surface area contributed by atoms with Crippen molar-refractivity contribution in [2.45, 2.75) is 108 Å². The second-order valence-electron chi connectivity index (χ2n) is 10.2. The fraction of sp³-hybridized carbons (Fsp3) is 1.00. The quantitative estimate of drug-likeness (QED) is 0.350. The molecule has 4 aliphatic rings. The Labute approximate surface area is 168 Å². The molecule has 0 saturated heterocycles. The predicted molar refractivity (Wildman–Crippen MR) is 109 cm³/mol. The van der Waals surface area contributed by atoms with Crippen LogP contribution in [0.1, 0.15) is 91.4 Å². The SMILES string of the molecule is CC(C1CC1)C(F)(Br)C(OC1CCCCC1)(C(C)C1CC1)C(C)C1CC1. The van der Waals surface area contributed by atoms with E-state index < -0.39 is 10.2 Å². The lowest BCUT2D eigenvalue weighted by Gasteiger charge is -2.54. The number of hydrogen-bond donors (Lipinski definition) is 0. The zero-order chi connectivity index (χ0) is 18.5. The molecule has 0 aromatic carbocycles. The molecule has 0 heterocycles. The third-order valence-corrected chi connectivity index (χ3v) is 9.69. The molecule has 0 spiro atoms. The van der Waals surface area contributed by atoms with Crippen LogP contribution in [0.25, 0.3) is 0 Å². The van der Waals surface area contributed by atoms with Gasteiger partial charge in [0, 0.05) is 5.92 Å². The zero-order valence-corrected chi connectivity index (χ0v) is 18.6. The highest BCUT2D eigenvalue weighted by molar-refractivity contribution is 9.10. The third-order valence-electron chi connectivity index (χ3n) is 8.35. The minimum Gasteiger partial charge on any atom is -0.367 e. The van der Waals surface area contributed by atoms with Crippen LogP contribution in [-0.2, 0) is 4.74 Å². The van der Waals surface area contributed by atoms with Gasteiger partial charge in [-0.1, -0.05) is 40.0 Å². The molecular formula is C23H38BrFO. The Morgan fingerprint density at radius 3 is 1.58 bits per heavy atom. The van der Waals surface area contributed by atoms with Gasteiger partial charge >= 0.3 is 0 Å². The molecule has 0 bridgehead atoms. The van der Waals surface area contributed by atoms with Gasteiger partial charge < -0.3 is 4.74 Å². The Balaban J connectivity index is 1.70. The second kappa shape index (κ2) is 7.32. The van der Waals surface area contributed by atoms with E-state index in [4.69, 9.17) is 4.74 Å². The maximum atomic E-state index is 16.9. The van der Waals surface area contributed by atoms with Crippen LogP contribution in [0.2, 0.25) is 0 Å². The summed E-state index contributed by atoms with van der Waals surface area (Å²) in [5, 5.41) is 0. The van der Waals surface area contributed by atoms with E-state index in [1.807, 2.05) is 0 Å². The number of ether oxygens (including phenoxy) is 1. The van der Waals surface area contributed by atoms with Crippen molar-refractivity contribution in [2.75, 3.05) is 0 Å². The molecule has 4 fully saturated rings. The lowest BCUT2D eigenvalue weighted by molar-refractivity contribution is -0.224. The van der Waals surface area contributed by atoms with Gasteiger partial charge in [0.25, 0.3) is 0 Å². The standard InChI is InChI=1S/C23H38BrFO/c1-15(18-9-10-18)22(16(2)19-11-12-19,26-21-7-5-4-6-8-21)23(24,25)17(3)20-13-14-20/h15-21H,4-14H2,1-3H3. The topological polar surface area (TPSA) is 9.23 Å². The van der Waals surface area contributed by atoms with Crippen LogP contribution < -0.4 is 0 Å². The van der Waals surface area contributed by atoms with Crippen LogP contribution in [0.5, 0.6) is 0 Å². The normalized spacial score (nSPS) is 33.1. The average molecular weight is 429 g/mol. The molecular weight excluding hydrogens is 391 g/mol. The highest BCUT2D eigenvalue weighted by Gasteiger charge is 2.67. The summed E-state index contributed by atoms with van der Waals surface area (Å²) >= 11 is 3.74. The molecule has 150 valence electrons. The summed E-state index contributed by atoms with van der Waals surface area (Å²) in [5.74, 6) is 2.47. The van der Waals surface area contributed by atoms with E-state index >= 15 is 4.39 Å². The van der Waals surface area contributed by atoms with Gasteiger partial charge in [-0.15, -0.1) is 0 Å². The largest absolute Gasteiger partial charge is 0.367 e. The minimum atomic E-state index is -1.41. The molecule has 0 N–H and O–H groups in total. The molecule has 1 nitrogen and oxygen atoms in total. The van der Waals surface area contributed by atoms with Crippen LogP contribution in [0.4, 0.5) is 4.39 Å². The van der Waals surface area contributed by atoms with Crippen molar-refractivity contribution in [2.24, 2.45) is 35.5 Å². The number of hydrogen-bond acceptors (Lipinski definition) is 1. The van der Waals surface area contributed by atoms with Crippen LogP contribution in [0, 0.1) is 35.5 Å². The molecule has 4 atom stereocenters. The van der Waals surface area contributed by atoms with Crippen LogP contribution in [-0.4, -0.2) is 16.3 Å². The maximum Gasteiger partial charge on any atom is 0.197 e. The number of halogens is 2. The summed E-state index contributed by atoms with van der Waals surface area (Å²) in [6.45, 7) is 6.77. The van der Waals surface area contributed by atoms with Gasteiger partial charge in [0.2, 0.25) is 0 Å². The predicted octanol–water partition coefficient (Wildman–Crippen LogP) is 7.27. The van der Waals surface area contributed by atoms with Gasteiger partial charge in [-0.25, -0.2) is 4.39 Å². The lowest BCUT2D eigenvalue weighted by atomic mass is 9.67. The number of rotatable bonds is 9. The Morgan fingerprint density at radius 1 is 0.731 bits per heavy atom. The van der Waals surface area contributed by atoms with E-state index in [0.717, 1.165) is 12.8 Å². The molecule has 0 aromatic rings. The van der Waals surface area contributed by atoms with Crippen molar-refractivity contribution >= 4 is 15.9 Å². The first-order valence-electron chi connectivity index (χ1n) is 11.4. The van der Waals surface area contributed by atoms with E-state index in [2.05, 4.69) is 36.7 Å². The van der Waals surface area contributed by atoms with E-state index in [-0.39, 0.29) is 12.0 Å². The summed E-state index contributed by atoms with van der Waals surface area (Å²) in [6.07, 6.45) is 13.7. The van der Waals surface area contributed by atoms with Crippen LogP contribution >= 0.6 is 15.9 Å². The molecule has 4 saturated carbocycles. The van der Waals surface area contributed by atoms with Gasteiger partial charge in [-0.3, -0.25) is 0 Å². The Morgan fingerprint density at radius 2 is 1.15 bits per heavy atom. The van der Waals surface area contributed by atoms with Crippen molar-refractivity contribution in [1.29, 1.82) is 0 Å². The fourth-order valence-electron chi connectivity index (χ4n) is 5.91. The van der Waals surface area contributed by atoms with Crippen molar-refractivity contribution in [3.63, 3.8) is 0 Å². The third kappa shape index (κ3) is 3.53. The van der Waals surface area contributed by atoms with Gasteiger partial charge in [-0.05, 0) is 96.9 Å². The molecule has 0 aliphatic heterocycles. The molecule has 4 unspecified atom stereocenters. The van der Waals surface area contributed by atoms with E-state index in [9.17, 15) is 0 Å². The smallest absolute Gasteiger partial charge is 0.197 e. The van der Waals surface area contributed by atoms with E-state index in [0.29, 0.717) is 29.6 Å². The fourth-order valence-corrected chi connectivity index (χ4v) is 7.10. The lowest BCUT2D eigenvalue weighted by Crippen LogP contribution is -2.63. The monoisotopic (exact) mass is 428 g/mol. The second-order valence-corrected chi connectivity index (χ2v) is 11.3. The molecule has 4 rings (SSSR count). The summed E-state index contributed by atoms with van der Waals surface area (Å²) in [4.78, 5) is 0. The highest BCUT2D eigenvalue weighted by atomic mass is 79.9. The first-order chi connectivity index (χ1) is 12.4. The Bertz CT molecular complexity index is 470. The molecule has 0 aromatic heterocycles. The molecule has 0 amide bonds. The summed E-state index contributed by atoms with van der Waals surface area (Å²) in [7, 11) is 0. The van der Waals surface area contributed by atoms with Crippen LogP contribution in [0.15, 0.2) is 0 Å². The first-order valence-corrected chi connectivity index (χ1v) is 12.2. The minimum absolute atomic E-state index is 0.0356. The van der Waals surface area contributed by atoms with E-state index in [1.165, 1.54) is 57.8 Å². The summed E-state index contributed by atoms with van der Waals surface area (Å²) < 4.78 is 22.6. The van der Waals surface area contributed by atoms with Gasteiger partial charge in [0.05, 0.1) is 6.10 Å². The van der Waals surface area contributed by atoms with Crippen molar-refractivity contribution < 1.29 is 9.13 Å². The van der Waals surface area contributed by atoms with Crippen molar-refractivity contribution in [3.05, 3.63) is 0 Å². The maximum absolute atomic E-state index is 16.9. The van der Waals surface area contributed by atoms with Crippen LogP contribution in [0.3, 0.4) is 0 Å². The Hall–Kier alpha value is 0.370. The zero-order valence-electron chi connectivity index (χ0n) is 17.0.